The average molecular weight is 270 g/mol. The summed E-state index contributed by atoms with van der Waals surface area (Å²) in [5.74, 6) is 0.250. The van der Waals surface area contributed by atoms with Crippen LogP contribution in [0.15, 0.2) is 0 Å². The number of piperidine rings is 1. The highest BCUT2D eigenvalue weighted by atomic mass is 16.5. The van der Waals surface area contributed by atoms with Crippen LogP contribution in [0.5, 0.6) is 0 Å². The first-order valence-corrected chi connectivity index (χ1v) is 7.65. The van der Waals surface area contributed by atoms with E-state index in [4.69, 9.17) is 10.5 Å². The Kier molecular flexibility index (Phi) is 6.80. The molecule has 1 aliphatic rings. The van der Waals surface area contributed by atoms with Crippen LogP contribution in [0.2, 0.25) is 0 Å². The Morgan fingerprint density at radius 1 is 1.37 bits per heavy atom. The van der Waals surface area contributed by atoms with Crippen LogP contribution in [0.1, 0.15) is 52.4 Å². The lowest BCUT2D eigenvalue weighted by molar-refractivity contribution is -0.146. The number of nitrogens with zero attached hydrogens (tertiary/aromatic N) is 1. The maximum Gasteiger partial charge on any atom is 0.230 e. The summed E-state index contributed by atoms with van der Waals surface area (Å²) in [6.07, 6.45) is 6.07. The third kappa shape index (κ3) is 3.93. The highest BCUT2D eigenvalue weighted by Crippen LogP contribution is 2.32. The molecule has 1 rings (SSSR count). The zero-order valence-electron chi connectivity index (χ0n) is 12.8. The number of carbonyl (C=O) groups excluding carboxylic acids is 1. The molecule has 0 bridgehead atoms. The molecule has 1 unspecified atom stereocenters. The van der Waals surface area contributed by atoms with Crippen LogP contribution in [0.3, 0.4) is 0 Å². The van der Waals surface area contributed by atoms with Gasteiger partial charge in [-0.15, -0.1) is 0 Å². The molecule has 0 aromatic carbocycles. The fourth-order valence-electron chi connectivity index (χ4n) is 3.24. The summed E-state index contributed by atoms with van der Waals surface area (Å²) in [7, 11) is 1.73. The summed E-state index contributed by atoms with van der Waals surface area (Å²) < 4.78 is 5.41. The minimum atomic E-state index is -0.348. The lowest BCUT2D eigenvalue weighted by Gasteiger charge is -2.40. The number of hydrogen-bond acceptors (Lipinski definition) is 3. The van der Waals surface area contributed by atoms with Crippen LogP contribution in [0, 0.1) is 5.41 Å². The quantitative estimate of drug-likeness (QED) is 0.771. The summed E-state index contributed by atoms with van der Waals surface area (Å²) in [6.45, 7) is 6.29. The standard InChI is InChI=1S/C15H30N2O2/c1-4-8-15(12-16,9-5-2)14(18)17-10-6-7-13(11-17)19-3/h13H,4-12,16H2,1-3H3. The van der Waals surface area contributed by atoms with E-state index in [1.54, 1.807) is 7.11 Å². The van der Waals surface area contributed by atoms with Crippen LogP contribution in [0.4, 0.5) is 0 Å². The van der Waals surface area contributed by atoms with E-state index in [0.29, 0.717) is 6.54 Å². The molecule has 1 fully saturated rings. The number of nitrogens with two attached hydrogens (primary N) is 1. The Morgan fingerprint density at radius 2 is 2.00 bits per heavy atom. The van der Waals surface area contributed by atoms with Crippen molar-refractivity contribution in [2.24, 2.45) is 11.1 Å². The van der Waals surface area contributed by atoms with Gasteiger partial charge in [-0.3, -0.25) is 4.79 Å². The molecule has 0 aliphatic carbocycles. The van der Waals surface area contributed by atoms with Crippen LogP contribution >= 0.6 is 0 Å². The van der Waals surface area contributed by atoms with E-state index < -0.39 is 0 Å². The lowest BCUT2D eigenvalue weighted by Crippen LogP contribution is -2.52. The first kappa shape index (κ1) is 16.4. The van der Waals surface area contributed by atoms with Gasteiger partial charge in [0.05, 0.1) is 11.5 Å². The number of likely N-dealkylation sites (tertiary alicyclic amines) is 1. The Hall–Kier alpha value is -0.610. The minimum absolute atomic E-state index is 0.191. The predicted octanol–water partition coefficient (Wildman–Crippen LogP) is 2.17. The van der Waals surface area contributed by atoms with Gasteiger partial charge in [0.2, 0.25) is 5.91 Å². The van der Waals surface area contributed by atoms with E-state index >= 15 is 0 Å². The molecule has 0 radical (unpaired) electrons. The smallest absolute Gasteiger partial charge is 0.230 e. The number of ether oxygens (including phenoxy) is 1. The molecule has 0 saturated carbocycles. The second-order valence-electron chi connectivity index (χ2n) is 5.74. The van der Waals surface area contributed by atoms with Crippen LogP contribution in [-0.2, 0) is 9.53 Å². The summed E-state index contributed by atoms with van der Waals surface area (Å²) in [6, 6.07) is 0. The molecule has 4 nitrogen and oxygen atoms in total. The molecule has 4 heteroatoms. The van der Waals surface area contributed by atoms with Gasteiger partial charge in [-0.25, -0.2) is 0 Å². The zero-order chi connectivity index (χ0) is 14.3. The lowest BCUT2D eigenvalue weighted by atomic mass is 9.77. The topological polar surface area (TPSA) is 55.6 Å². The second kappa shape index (κ2) is 7.85. The molecule has 1 saturated heterocycles. The van der Waals surface area contributed by atoms with Crippen molar-refractivity contribution in [3.8, 4) is 0 Å². The summed E-state index contributed by atoms with van der Waals surface area (Å²) in [5, 5.41) is 0. The number of carbonyl (C=O) groups is 1. The van der Waals surface area contributed by atoms with Crippen molar-refractivity contribution in [2.45, 2.75) is 58.5 Å². The van der Waals surface area contributed by atoms with Gasteiger partial charge >= 0.3 is 0 Å². The molecule has 1 atom stereocenters. The van der Waals surface area contributed by atoms with E-state index in [1.165, 1.54) is 0 Å². The van der Waals surface area contributed by atoms with Gasteiger partial charge in [0.25, 0.3) is 0 Å². The van der Waals surface area contributed by atoms with E-state index in [9.17, 15) is 4.79 Å². The highest BCUT2D eigenvalue weighted by Gasteiger charge is 2.39. The maximum atomic E-state index is 12.9. The number of rotatable bonds is 7. The largest absolute Gasteiger partial charge is 0.380 e. The molecular formula is C15H30N2O2. The molecule has 1 amide bonds. The number of methoxy groups -OCH3 is 1. The Balaban J connectivity index is 2.79. The first-order chi connectivity index (χ1) is 9.13. The van der Waals surface area contributed by atoms with E-state index in [1.807, 2.05) is 4.90 Å². The van der Waals surface area contributed by atoms with Gasteiger partial charge in [-0.1, -0.05) is 26.7 Å². The number of amides is 1. The van der Waals surface area contributed by atoms with Crippen molar-refractivity contribution < 1.29 is 9.53 Å². The summed E-state index contributed by atoms with van der Waals surface area (Å²) in [5.41, 5.74) is 5.63. The molecular weight excluding hydrogens is 240 g/mol. The Bertz CT molecular complexity index is 275. The zero-order valence-corrected chi connectivity index (χ0v) is 12.8. The molecule has 0 aromatic heterocycles. The van der Waals surface area contributed by atoms with Crippen molar-refractivity contribution in [1.29, 1.82) is 0 Å². The monoisotopic (exact) mass is 270 g/mol. The normalized spacial score (nSPS) is 20.6. The van der Waals surface area contributed by atoms with Crippen molar-refractivity contribution in [2.75, 3.05) is 26.7 Å². The van der Waals surface area contributed by atoms with Crippen molar-refractivity contribution in [3.63, 3.8) is 0 Å². The van der Waals surface area contributed by atoms with Crippen molar-refractivity contribution in [3.05, 3.63) is 0 Å². The fraction of sp³-hybridized carbons (Fsp3) is 0.933. The van der Waals surface area contributed by atoms with Gasteiger partial charge in [0.1, 0.15) is 0 Å². The van der Waals surface area contributed by atoms with E-state index in [0.717, 1.165) is 51.6 Å². The average Bonchev–Trinajstić information content (AvgIpc) is 2.46. The van der Waals surface area contributed by atoms with E-state index in [-0.39, 0.29) is 17.4 Å². The van der Waals surface area contributed by atoms with Crippen LogP contribution in [-0.4, -0.2) is 43.7 Å². The fourth-order valence-corrected chi connectivity index (χ4v) is 3.24. The highest BCUT2D eigenvalue weighted by molar-refractivity contribution is 5.83. The molecule has 112 valence electrons. The third-order valence-electron chi connectivity index (χ3n) is 4.30. The Labute approximate surface area is 117 Å². The van der Waals surface area contributed by atoms with Crippen molar-refractivity contribution in [1.82, 2.24) is 4.90 Å². The Morgan fingerprint density at radius 3 is 2.47 bits per heavy atom. The molecule has 1 aliphatic heterocycles. The van der Waals surface area contributed by atoms with E-state index in [2.05, 4.69) is 13.8 Å². The molecule has 1 heterocycles. The second-order valence-corrected chi connectivity index (χ2v) is 5.74. The SMILES string of the molecule is CCCC(CN)(CCC)C(=O)N1CCCC(OC)C1. The molecule has 0 aromatic rings. The van der Waals surface area contributed by atoms with Gasteiger partial charge in [-0.2, -0.15) is 0 Å². The first-order valence-electron chi connectivity index (χ1n) is 7.65. The maximum absolute atomic E-state index is 12.9. The van der Waals surface area contributed by atoms with Gasteiger partial charge in [0, 0.05) is 26.7 Å². The predicted molar refractivity (Wildman–Crippen MR) is 77.9 cm³/mol. The van der Waals surface area contributed by atoms with Crippen molar-refractivity contribution >= 4 is 5.91 Å². The van der Waals surface area contributed by atoms with Crippen LogP contribution in [0.25, 0.3) is 0 Å². The van der Waals surface area contributed by atoms with Gasteiger partial charge in [0.15, 0.2) is 0 Å². The summed E-state index contributed by atoms with van der Waals surface area (Å²) >= 11 is 0. The molecule has 0 spiro atoms. The third-order valence-corrected chi connectivity index (χ3v) is 4.30. The van der Waals surface area contributed by atoms with Gasteiger partial charge in [-0.05, 0) is 25.7 Å². The van der Waals surface area contributed by atoms with Gasteiger partial charge < -0.3 is 15.4 Å². The van der Waals surface area contributed by atoms with Crippen LogP contribution < -0.4 is 5.73 Å². The summed E-state index contributed by atoms with van der Waals surface area (Å²) in [4.78, 5) is 14.9. The number of hydrogen-bond donors (Lipinski definition) is 1. The minimum Gasteiger partial charge on any atom is -0.380 e. The molecule has 19 heavy (non-hydrogen) atoms. The molecule has 2 N–H and O–H groups in total.